The van der Waals surface area contributed by atoms with Gasteiger partial charge in [-0.2, -0.15) is 26.3 Å². The van der Waals surface area contributed by atoms with Gasteiger partial charge in [-0.15, -0.1) is 0 Å². The number of amides is 1. The summed E-state index contributed by atoms with van der Waals surface area (Å²) in [5, 5.41) is 0. The van der Waals surface area contributed by atoms with E-state index < -0.39 is 46.4 Å². The van der Waals surface area contributed by atoms with Gasteiger partial charge in [-0.3, -0.25) is 0 Å². The number of fused-ring (bicyclic) bond motifs is 2. The number of aromatic nitrogens is 2. The second kappa shape index (κ2) is 13.3. The number of nitrogens with one attached hydrogen (secondary N) is 1. The summed E-state index contributed by atoms with van der Waals surface area (Å²) in [6.45, 7) is 5.81. The van der Waals surface area contributed by atoms with Crippen molar-refractivity contribution in [2.24, 2.45) is 0 Å². The van der Waals surface area contributed by atoms with E-state index in [0.29, 0.717) is 83.1 Å². The molecule has 3 aromatic rings. The third kappa shape index (κ3) is 8.37. The number of hydrogen-bond donors (Lipinski definition) is 1. The summed E-state index contributed by atoms with van der Waals surface area (Å²) in [5.74, 6) is 0.161. The lowest BCUT2D eigenvalue weighted by molar-refractivity contribution is -0.142. The summed E-state index contributed by atoms with van der Waals surface area (Å²) in [6.07, 6.45) is -7.51. The van der Waals surface area contributed by atoms with Crippen LogP contribution in [0.3, 0.4) is 0 Å². The van der Waals surface area contributed by atoms with Gasteiger partial charge in [0.05, 0.1) is 29.9 Å². The van der Waals surface area contributed by atoms with Crippen molar-refractivity contribution < 1.29 is 45.0 Å². The molecule has 1 N–H and O–H groups in total. The molecular formula is C33H39F7N4O3. The molecule has 14 heteroatoms. The highest BCUT2D eigenvalue weighted by atomic mass is 19.4. The summed E-state index contributed by atoms with van der Waals surface area (Å²) in [7, 11) is 1.87. The molecule has 2 aromatic carbocycles. The molecule has 47 heavy (non-hydrogen) atoms. The van der Waals surface area contributed by atoms with Crippen LogP contribution in [0.1, 0.15) is 66.8 Å². The molecule has 1 saturated heterocycles. The summed E-state index contributed by atoms with van der Waals surface area (Å²) in [4.78, 5) is 23.5. The largest absolute Gasteiger partial charge is 0.442 e. The van der Waals surface area contributed by atoms with Gasteiger partial charge in [0.25, 0.3) is 0 Å². The Labute approximate surface area is 268 Å². The van der Waals surface area contributed by atoms with E-state index in [1.165, 1.54) is 13.8 Å². The molecule has 1 fully saturated rings. The number of carbonyl (C=O) groups is 1. The number of aryl methyl sites for hydroxylation is 2. The third-order valence-electron chi connectivity index (χ3n) is 9.00. The molecular weight excluding hydrogens is 633 g/mol. The highest BCUT2D eigenvalue weighted by Crippen LogP contribution is 2.40. The molecule has 2 heterocycles. The van der Waals surface area contributed by atoms with Crippen LogP contribution in [0.15, 0.2) is 30.3 Å². The number of halogens is 7. The molecule has 1 aliphatic heterocycles. The van der Waals surface area contributed by atoms with Crippen LogP contribution in [0.5, 0.6) is 0 Å². The van der Waals surface area contributed by atoms with Gasteiger partial charge < -0.3 is 24.3 Å². The highest BCUT2D eigenvalue weighted by molar-refractivity contribution is 5.80. The van der Waals surface area contributed by atoms with Gasteiger partial charge in [-0.05, 0) is 75.5 Å². The minimum atomic E-state index is -5.00. The van der Waals surface area contributed by atoms with E-state index in [-0.39, 0.29) is 23.8 Å². The molecule has 0 radical (unpaired) electrons. The van der Waals surface area contributed by atoms with Crippen molar-refractivity contribution in [2.45, 2.75) is 76.0 Å². The lowest BCUT2D eigenvalue weighted by Gasteiger charge is -2.40. The van der Waals surface area contributed by atoms with Crippen LogP contribution in [0, 0.1) is 0 Å². The number of aromatic amines is 1. The Hall–Kier alpha value is -3.39. The van der Waals surface area contributed by atoms with Gasteiger partial charge >= 0.3 is 18.4 Å². The number of morpholine rings is 1. The lowest BCUT2D eigenvalue weighted by Crippen LogP contribution is -2.49. The van der Waals surface area contributed by atoms with Crippen LogP contribution in [0.25, 0.3) is 11.0 Å². The fraction of sp³-hybridized carbons (Fsp3) is 0.576. The second-order valence-corrected chi connectivity index (χ2v) is 13.0. The first-order valence-electron chi connectivity index (χ1n) is 15.7. The number of ether oxygens (including phenoxy) is 2. The van der Waals surface area contributed by atoms with Gasteiger partial charge in [0.1, 0.15) is 22.6 Å². The molecule has 2 aliphatic rings. The normalized spacial score (nSPS) is 19.3. The fourth-order valence-corrected chi connectivity index (χ4v) is 6.24. The molecule has 1 amide bonds. The summed E-state index contributed by atoms with van der Waals surface area (Å²) in [5.41, 5.74) is -3.35. The van der Waals surface area contributed by atoms with Crippen molar-refractivity contribution in [2.75, 3.05) is 46.4 Å². The maximum Gasteiger partial charge on any atom is 0.418 e. The topological polar surface area (TPSA) is 70.7 Å². The highest BCUT2D eigenvalue weighted by Gasteiger charge is 2.41. The number of carbonyl (C=O) groups excluding carboxylic acids is 1. The molecule has 0 spiro atoms. The van der Waals surface area contributed by atoms with Crippen molar-refractivity contribution in [3.8, 4) is 0 Å². The van der Waals surface area contributed by atoms with Gasteiger partial charge in [-0.25, -0.2) is 14.2 Å². The van der Waals surface area contributed by atoms with Gasteiger partial charge in [0.2, 0.25) is 0 Å². The molecule has 258 valence electrons. The first kappa shape index (κ1) is 34.9. The molecule has 0 bridgehead atoms. The number of benzene rings is 2. The Morgan fingerprint density at radius 3 is 2.38 bits per heavy atom. The van der Waals surface area contributed by atoms with Crippen LogP contribution in [0.2, 0.25) is 0 Å². The molecule has 5 rings (SSSR count). The number of nitrogens with zero attached hydrogens (tertiary/aromatic N) is 3. The van der Waals surface area contributed by atoms with E-state index in [1.54, 1.807) is 11.0 Å². The van der Waals surface area contributed by atoms with Crippen LogP contribution in [-0.2, 0) is 46.8 Å². The van der Waals surface area contributed by atoms with Crippen LogP contribution in [-0.4, -0.2) is 77.9 Å². The molecule has 1 aliphatic carbocycles. The third-order valence-corrected chi connectivity index (χ3v) is 9.00. The second-order valence-electron chi connectivity index (χ2n) is 13.0. The van der Waals surface area contributed by atoms with Crippen LogP contribution < -0.4 is 0 Å². The smallest absolute Gasteiger partial charge is 0.418 e. The fourth-order valence-electron chi connectivity index (χ4n) is 6.24. The van der Waals surface area contributed by atoms with E-state index in [1.807, 2.05) is 24.1 Å². The van der Waals surface area contributed by atoms with Crippen molar-refractivity contribution >= 4 is 17.1 Å². The molecule has 0 saturated carbocycles. The van der Waals surface area contributed by atoms with Gasteiger partial charge in [0.15, 0.2) is 0 Å². The molecule has 1 aromatic heterocycles. The summed E-state index contributed by atoms with van der Waals surface area (Å²) in [6, 6.07) is 6.29. The number of rotatable bonds is 9. The lowest BCUT2D eigenvalue weighted by atomic mass is 9.77. The van der Waals surface area contributed by atoms with Crippen LogP contribution in [0.4, 0.5) is 35.5 Å². The van der Waals surface area contributed by atoms with Gasteiger partial charge in [-0.1, -0.05) is 18.2 Å². The Morgan fingerprint density at radius 1 is 1.00 bits per heavy atom. The summed E-state index contributed by atoms with van der Waals surface area (Å²) >= 11 is 0. The average Bonchev–Trinajstić information content (AvgIpc) is 3.41. The molecule has 7 nitrogen and oxygen atoms in total. The average molecular weight is 673 g/mol. The number of imidazole rings is 1. The number of hydrogen-bond acceptors (Lipinski definition) is 5. The van der Waals surface area contributed by atoms with Gasteiger partial charge in [0, 0.05) is 38.9 Å². The minimum absolute atomic E-state index is 0.0901. The minimum Gasteiger partial charge on any atom is -0.442 e. The first-order chi connectivity index (χ1) is 21.9. The SMILES string of the molecule is CN(CCCc1nc2c(C(F)(F)F)cc(C(F)(F)F)cc2[nH]1)CCC1(OC(=O)N2CCOCC2)CCc2cc(C(C)(C)F)ccc2C1. The predicted molar refractivity (Wildman–Crippen MR) is 161 cm³/mol. The van der Waals surface area contributed by atoms with Crippen molar-refractivity contribution in [3.63, 3.8) is 0 Å². The quantitative estimate of drug-likeness (QED) is 0.239. The first-order valence-corrected chi connectivity index (χ1v) is 15.7. The van der Waals surface area contributed by atoms with Crippen LogP contribution >= 0.6 is 0 Å². The molecule has 1 unspecified atom stereocenters. The Kier molecular flexibility index (Phi) is 9.85. The number of H-pyrrole nitrogens is 1. The zero-order valence-corrected chi connectivity index (χ0v) is 26.6. The summed E-state index contributed by atoms with van der Waals surface area (Å²) < 4.78 is 107. The molecule has 1 atom stereocenters. The van der Waals surface area contributed by atoms with E-state index in [0.717, 1.165) is 11.1 Å². The Bertz CT molecular complexity index is 1580. The maximum absolute atomic E-state index is 14.6. The zero-order chi connectivity index (χ0) is 34.2. The van der Waals surface area contributed by atoms with E-state index in [4.69, 9.17) is 9.47 Å². The number of alkyl halides is 7. The zero-order valence-electron chi connectivity index (χ0n) is 26.6. The monoisotopic (exact) mass is 672 g/mol. The van der Waals surface area contributed by atoms with Crippen molar-refractivity contribution in [1.82, 2.24) is 19.8 Å². The Morgan fingerprint density at radius 2 is 1.72 bits per heavy atom. The standard InChI is InChI=1S/C33H39F7N4O3/c1-30(2,34)23-7-6-22-20-31(9-8-21(22)17-23,47-29(45)44-13-15-46-16-14-44)10-12-43(3)11-4-5-27-41-26-19-24(32(35,36)37)18-25(28(26)42-27)33(38,39)40/h6-7,17-19H,4-5,8-16,20H2,1-3H3,(H,41,42). The maximum atomic E-state index is 14.6. The Balaban J connectivity index is 1.25. The van der Waals surface area contributed by atoms with E-state index >= 15 is 0 Å². The van der Waals surface area contributed by atoms with E-state index in [9.17, 15) is 35.5 Å². The van der Waals surface area contributed by atoms with Crippen molar-refractivity contribution in [3.05, 3.63) is 64.0 Å². The predicted octanol–water partition coefficient (Wildman–Crippen LogP) is 7.46. The van der Waals surface area contributed by atoms with E-state index in [2.05, 4.69) is 9.97 Å². The van der Waals surface area contributed by atoms with Crippen molar-refractivity contribution in [1.29, 1.82) is 0 Å².